The van der Waals surface area contributed by atoms with Crippen LogP contribution in [0.5, 0.6) is 0 Å². The summed E-state index contributed by atoms with van der Waals surface area (Å²) in [6.45, 7) is 5.27. The summed E-state index contributed by atoms with van der Waals surface area (Å²) in [7, 11) is 0. The van der Waals surface area contributed by atoms with Gasteiger partial charge in [0.05, 0.1) is 0 Å². The second-order valence-corrected chi connectivity index (χ2v) is 7.11. The lowest BCUT2D eigenvalue weighted by atomic mass is 10.1. The van der Waals surface area contributed by atoms with Crippen LogP contribution in [0.2, 0.25) is 0 Å². The maximum absolute atomic E-state index is 12.9. The van der Waals surface area contributed by atoms with Crippen LogP contribution in [0.1, 0.15) is 17.5 Å². The zero-order valence-electron chi connectivity index (χ0n) is 16.2. The Morgan fingerprint density at radius 1 is 1.04 bits per heavy atom. The Bertz CT molecular complexity index is 815. The second kappa shape index (κ2) is 9.35. The van der Waals surface area contributed by atoms with E-state index < -0.39 is 0 Å². The van der Waals surface area contributed by atoms with E-state index in [4.69, 9.17) is 0 Å². The SMILES string of the molecule is Cc1cccc(N2CCN(C(=O)CC(=O)NCCc3ccc(F)cc3)CC2)c1. The van der Waals surface area contributed by atoms with Crippen molar-refractivity contribution in [2.75, 3.05) is 37.6 Å². The number of anilines is 1. The van der Waals surface area contributed by atoms with E-state index in [1.807, 2.05) is 6.07 Å². The van der Waals surface area contributed by atoms with Gasteiger partial charge in [-0.25, -0.2) is 4.39 Å². The third-order valence-corrected chi connectivity index (χ3v) is 4.96. The predicted molar refractivity (Wildman–Crippen MR) is 108 cm³/mol. The lowest BCUT2D eigenvalue weighted by Gasteiger charge is -2.36. The van der Waals surface area contributed by atoms with Crippen LogP contribution in [0.4, 0.5) is 10.1 Å². The summed E-state index contributed by atoms with van der Waals surface area (Å²) in [5, 5.41) is 2.77. The van der Waals surface area contributed by atoms with Crippen LogP contribution in [0.15, 0.2) is 48.5 Å². The first-order chi connectivity index (χ1) is 13.5. The molecule has 1 saturated heterocycles. The average Bonchev–Trinajstić information content (AvgIpc) is 2.69. The fourth-order valence-electron chi connectivity index (χ4n) is 3.35. The number of hydrogen-bond donors (Lipinski definition) is 1. The Morgan fingerprint density at radius 2 is 1.75 bits per heavy atom. The number of carbonyl (C=O) groups is 2. The molecule has 1 N–H and O–H groups in total. The van der Waals surface area contributed by atoms with Gasteiger partial charge >= 0.3 is 0 Å². The highest BCUT2D eigenvalue weighted by atomic mass is 19.1. The second-order valence-electron chi connectivity index (χ2n) is 7.11. The van der Waals surface area contributed by atoms with Crippen molar-refractivity contribution >= 4 is 17.5 Å². The van der Waals surface area contributed by atoms with Gasteiger partial charge < -0.3 is 15.1 Å². The maximum Gasteiger partial charge on any atom is 0.232 e. The minimum atomic E-state index is -0.277. The van der Waals surface area contributed by atoms with E-state index in [1.54, 1.807) is 17.0 Å². The van der Waals surface area contributed by atoms with E-state index in [-0.39, 0.29) is 24.1 Å². The van der Waals surface area contributed by atoms with E-state index in [2.05, 4.69) is 35.3 Å². The number of rotatable bonds is 6. The number of hydrogen-bond acceptors (Lipinski definition) is 3. The fraction of sp³-hybridized carbons (Fsp3) is 0.364. The number of halogens is 1. The Labute approximate surface area is 165 Å². The molecular weight excluding hydrogens is 357 g/mol. The average molecular weight is 383 g/mol. The van der Waals surface area contributed by atoms with Gasteiger partial charge in [0, 0.05) is 38.4 Å². The molecule has 2 aromatic rings. The molecule has 1 heterocycles. The van der Waals surface area contributed by atoms with Crippen LogP contribution in [0, 0.1) is 12.7 Å². The Balaban J connectivity index is 1.39. The quantitative estimate of drug-likeness (QED) is 0.780. The van der Waals surface area contributed by atoms with Crippen LogP contribution >= 0.6 is 0 Å². The van der Waals surface area contributed by atoms with Gasteiger partial charge in [0.1, 0.15) is 12.2 Å². The number of nitrogens with one attached hydrogen (secondary N) is 1. The van der Waals surface area contributed by atoms with Gasteiger partial charge in [-0.2, -0.15) is 0 Å². The lowest BCUT2D eigenvalue weighted by Crippen LogP contribution is -2.49. The van der Waals surface area contributed by atoms with Crippen molar-refractivity contribution in [2.45, 2.75) is 19.8 Å². The van der Waals surface area contributed by atoms with Gasteiger partial charge in [0.2, 0.25) is 11.8 Å². The first-order valence-electron chi connectivity index (χ1n) is 9.62. The van der Waals surface area contributed by atoms with Crippen molar-refractivity contribution < 1.29 is 14.0 Å². The molecule has 0 atom stereocenters. The zero-order chi connectivity index (χ0) is 19.9. The van der Waals surface area contributed by atoms with Crippen LogP contribution in [-0.2, 0) is 16.0 Å². The summed E-state index contributed by atoms with van der Waals surface area (Å²) in [5.74, 6) is -0.683. The molecule has 6 heteroatoms. The lowest BCUT2D eigenvalue weighted by molar-refractivity contribution is -0.136. The monoisotopic (exact) mass is 383 g/mol. The summed E-state index contributed by atoms with van der Waals surface area (Å²) >= 11 is 0. The molecule has 2 amide bonds. The van der Waals surface area contributed by atoms with Crippen LogP contribution in [0.3, 0.4) is 0 Å². The normalized spacial score (nSPS) is 14.1. The van der Waals surface area contributed by atoms with Crippen molar-refractivity contribution in [3.05, 3.63) is 65.5 Å². The molecule has 1 fully saturated rings. The molecule has 0 radical (unpaired) electrons. The largest absolute Gasteiger partial charge is 0.368 e. The molecule has 3 rings (SSSR count). The number of benzene rings is 2. The first-order valence-corrected chi connectivity index (χ1v) is 9.62. The Hall–Kier alpha value is -2.89. The molecule has 0 unspecified atom stereocenters. The minimum Gasteiger partial charge on any atom is -0.368 e. The van der Waals surface area contributed by atoms with Gasteiger partial charge in [-0.1, -0.05) is 24.3 Å². The van der Waals surface area contributed by atoms with Crippen LogP contribution < -0.4 is 10.2 Å². The van der Waals surface area contributed by atoms with E-state index in [9.17, 15) is 14.0 Å². The molecule has 5 nitrogen and oxygen atoms in total. The van der Waals surface area contributed by atoms with Crippen molar-refractivity contribution in [3.63, 3.8) is 0 Å². The molecule has 1 aliphatic heterocycles. The number of carbonyl (C=O) groups excluding carboxylic acids is 2. The van der Waals surface area contributed by atoms with E-state index in [0.29, 0.717) is 26.1 Å². The minimum absolute atomic E-state index is 0.131. The first kappa shape index (κ1) is 19.9. The standard InChI is InChI=1S/C22H26FN3O2/c1-17-3-2-4-20(15-17)25-11-13-26(14-12-25)22(28)16-21(27)24-10-9-18-5-7-19(23)8-6-18/h2-8,15H,9-14,16H2,1H3,(H,24,27). The number of amides is 2. The molecule has 0 aromatic heterocycles. The third-order valence-electron chi connectivity index (χ3n) is 4.96. The van der Waals surface area contributed by atoms with Crippen molar-refractivity contribution in [3.8, 4) is 0 Å². The van der Waals surface area contributed by atoms with Crippen LogP contribution in [0.25, 0.3) is 0 Å². The van der Waals surface area contributed by atoms with Crippen molar-refractivity contribution in [2.24, 2.45) is 0 Å². The molecule has 28 heavy (non-hydrogen) atoms. The molecule has 148 valence electrons. The fourth-order valence-corrected chi connectivity index (χ4v) is 3.35. The summed E-state index contributed by atoms with van der Waals surface area (Å²) in [5.41, 5.74) is 3.33. The zero-order valence-corrected chi connectivity index (χ0v) is 16.2. The predicted octanol–water partition coefficient (Wildman–Crippen LogP) is 2.53. The summed E-state index contributed by atoms with van der Waals surface area (Å²) < 4.78 is 12.9. The molecule has 1 aliphatic rings. The molecule has 0 saturated carbocycles. The van der Waals surface area contributed by atoms with Gasteiger partial charge in [-0.3, -0.25) is 9.59 Å². The topological polar surface area (TPSA) is 52.7 Å². The molecule has 0 spiro atoms. The van der Waals surface area contributed by atoms with E-state index in [1.165, 1.54) is 23.4 Å². The highest BCUT2D eigenvalue weighted by Crippen LogP contribution is 2.18. The molecule has 0 aliphatic carbocycles. The molecule has 2 aromatic carbocycles. The van der Waals surface area contributed by atoms with E-state index in [0.717, 1.165) is 18.7 Å². The number of nitrogens with zero attached hydrogens (tertiary/aromatic N) is 2. The Morgan fingerprint density at radius 3 is 2.43 bits per heavy atom. The van der Waals surface area contributed by atoms with Gasteiger partial charge in [-0.15, -0.1) is 0 Å². The number of piperazine rings is 1. The summed E-state index contributed by atoms with van der Waals surface area (Å²) in [4.78, 5) is 28.4. The van der Waals surface area contributed by atoms with Crippen LogP contribution in [-0.4, -0.2) is 49.4 Å². The molecule has 0 bridgehead atoms. The highest BCUT2D eigenvalue weighted by molar-refractivity contribution is 5.97. The third kappa shape index (κ3) is 5.55. The number of aryl methyl sites for hydroxylation is 1. The summed E-state index contributed by atoms with van der Waals surface area (Å²) in [6.07, 6.45) is 0.475. The van der Waals surface area contributed by atoms with Crippen molar-refractivity contribution in [1.82, 2.24) is 10.2 Å². The maximum atomic E-state index is 12.9. The molecular formula is C22H26FN3O2. The van der Waals surface area contributed by atoms with Gasteiger partial charge in [-0.05, 0) is 48.7 Å². The Kier molecular flexibility index (Phi) is 6.63. The van der Waals surface area contributed by atoms with Gasteiger partial charge in [0.25, 0.3) is 0 Å². The van der Waals surface area contributed by atoms with Crippen molar-refractivity contribution in [1.29, 1.82) is 0 Å². The highest BCUT2D eigenvalue weighted by Gasteiger charge is 2.22. The summed E-state index contributed by atoms with van der Waals surface area (Å²) in [6, 6.07) is 14.5. The van der Waals surface area contributed by atoms with E-state index >= 15 is 0 Å². The van der Waals surface area contributed by atoms with Gasteiger partial charge in [0.15, 0.2) is 0 Å². The smallest absolute Gasteiger partial charge is 0.232 e.